The van der Waals surface area contributed by atoms with Gasteiger partial charge in [0, 0.05) is 45.2 Å². The van der Waals surface area contributed by atoms with Crippen molar-refractivity contribution in [3.63, 3.8) is 0 Å². The van der Waals surface area contributed by atoms with E-state index in [1.807, 2.05) is 0 Å². The number of carbonyl (C=O) groups excluding carboxylic acids is 1. The minimum absolute atomic E-state index is 0.126. The van der Waals surface area contributed by atoms with Gasteiger partial charge in [0.05, 0.1) is 12.1 Å². The Balaban J connectivity index is 1.32. The van der Waals surface area contributed by atoms with Gasteiger partial charge in [-0.15, -0.1) is 0 Å². The van der Waals surface area contributed by atoms with Gasteiger partial charge in [-0.05, 0) is 55.8 Å². The van der Waals surface area contributed by atoms with E-state index in [0.717, 1.165) is 11.8 Å². The first kappa shape index (κ1) is 17.6. The predicted molar refractivity (Wildman–Crippen MR) is 95.0 cm³/mol. The van der Waals surface area contributed by atoms with E-state index in [4.69, 9.17) is 10.5 Å². The zero-order valence-corrected chi connectivity index (χ0v) is 15.4. The number of ether oxygens (including phenoxy) is 1. The summed E-state index contributed by atoms with van der Waals surface area (Å²) in [5.74, 6) is 2.88. The molecule has 4 N–H and O–H groups in total. The summed E-state index contributed by atoms with van der Waals surface area (Å²) < 4.78 is 5.31. The maximum atomic E-state index is 12.6. The highest BCUT2D eigenvalue weighted by atomic mass is 16.5. The van der Waals surface area contributed by atoms with Crippen molar-refractivity contribution < 1.29 is 14.6 Å². The number of hydrogen-bond donors (Lipinski definition) is 3. The van der Waals surface area contributed by atoms with Crippen molar-refractivity contribution in [2.45, 2.75) is 56.1 Å². The number of rotatable bonds is 4. The van der Waals surface area contributed by atoms with Crippen LogP contribution in [-0.2, 0) is 4.74 Å². The number of urea groups is 1. The lowest BCUT2D eigenvalue weighted by Gasteiger charge is -2.59. The third kappa shape index (κ3) is 3.28. The molecular formula is C19H33N3O3. The van der Waals surface area contributed by atoms with E-state index in [0.29, 0.717) is 51.0 Å². The van der Waals surface area contributed by atoms with Gasteiger partial charge in [0.2, 0.25) is 0 Å². The Morgan fingerprint density at radius 1 is 1.16 bits per heavy atom. The molecule has 6 heteroatoms. The van der Waals surface area contributed by atoms with Crippen LogP contribution in [0.4, 0.5) is 4.79 Å². The van der Waals surface area contributed by atoms with Gasteiger partial charge >= 0.3 is 6.03 Å². The topological polar surface area (TPSA) is 87.8 Å². The highest BCUT2D eigenvalue weighted by Gasteiger charge is 2.55. The van der Waals surface area contributed by atoms with Crippen LogP contribution in [0.15, 0.2) is 0 Å². The molecule has 4 aliphatic carbocycles. The van der Waals surface area contributed by atoms with Crippen LogP contribution in [0.1, 0.15) is 44.9 Å². The smallest absolute Gasteiger partial charge is 0.317 e. The number of amides is 2. The van der Waals surface area contributed by atoms with Gasteiger partial charge in [0.15, 0.2) is 0 Å². The van der Waals surface area contributed by atoms with E-state index in [1.54, 1.807) is 11.9 Å². The van der Waals surface area contributed by atoms with Gasteiger partial charge in [-0.25, -0.2) is 4.79 Å². The van der Waals surface area contributed by atoms with Gasteiger partial charge in [0.1, 0.15) is 0 Å². The van der Waals surface area contributed by atoms with Crippen molar-refractivity contribution in [2.75, 3.05) is 33.4 Å². The predicted octanol–water partition coefficient (Wildman–Crippen LogP) is 1.32. The van der Waals surface area contributed by atoms with E-state index in [2.05, 4.69) is 5.32 Å². The zero-order valence-electron chi connectivity index (χ0n) is 15.4. The van der Waals surface area contributed by atoms with E-state index in [-0.39, 0.29) is 11.6 Å². The summed E-state index contributed by atoms with van der Waals surface area (Å²) in [5, 5.41) is 13.7. The fourth-order valence-corrected chi connectivity index (χ4v) is 6.14. The van der Waals surface area contributed by atoms with E-state index >= 15 is 0 Å². The monoisotopic (exact) mass is 351 g/mol. The number of likely N-dealkylation sites (N-methyl/N-ethyl adjacent to an activating group) is 1. The molecule has 5 fully saturated rings. The molecule has 0 spiro atoms. The molecule has 6 nitrogen and oxygen atoms in total. The van der Waals surface area contributed by atoms with Crippen LogP contribution in [0, 0.1) is 23.7 Å². The van der Waals surface area contributed by atoms with Crippen LogP contribution in [-0.4, -0.2) is 60.5 Å². The molecule has 4 bridgehead atoms. The molecule has 25 heavy (non-hydrogen) atoms. The molecule has 5 aliphatic rings. The average Bonchev–Trinajstić information content (AvgIpc) is 2.57. The third-order valence-electron chi connectivity index (χ3n) is 7.51. The molecule has 2 amide bonds. The molecule has 0 aromatic carbocycles. The Labute approximate surface area is 150 Å². The maximum absolute atomic E-state index is 12.6. The summed E-state index contributed by atoms with van der Waals surface area (Å²) in [6, 6.07) is -0.126. The Kier molecular flexibility index (Phi) is 4.49. The zero-order chi connectivity index (χ0) is 17.7. The number of nitrogens with zero attached hydrogens (tertiary/aromatic N) is 1. The number of carbonyl (C=O) groups is 1. The summed E-state index contributed by atoms with van der Waals surface area (Å²) in [5.41, 5.74) is 5.79. The summed E-state index contributed by atoms with van der Waals surface area (Å²) in [4.78, 5) is 14.2. The first-order chi connectivity index (χ1) is 11.9. The van der Waals surface area contributed by atoms with Crippen LogP contribution < -0.4 is 11.1 Å². The van der Waals surface area contributed by atoms with Crippen LogP contribution in [0.25, 0.3) is 0 Å². The lowest BCUT2D eigenvalue weighted by atomic mass is 9.49. The lowest BCUT2D eigenvalue weighted by molar-refractivity contribution is -0.0728. The van der Waals surface area contributed by atoms with Gasteiger partial charge < -0.3 is 25.8 Å². The largest absolute Gasteiger partial charge is 0.388 e. The number of nitrogens with one attached hydrogen (secondary N) is 1. The Morgan fingerprint density at radius 3 is 2.28 bits per heavy atom. The van der Waals surface area contributed by atoms with Crippen LogP contribution >= 0.6 is 0 Å². The number of nitrogens with two attached hydrogens (primary N) is 1. The molecule has 5 rings (SSSR count). The highest BCUT2D eigenvalue weighted by molar-refractivity contribution is 5.74. The fourth-order valence-electron chi connectivity index (χ4n) is 6.14. The second-order valence-electron chi connectivity index (χ2n) is 9.27. The van der Waals surface area contributed by atoms with Crippen molar-refractivity contribution >= 4 is 6.03 Å². The molecule has 0 aromatic rings. The average molecular weight is 351 g/mol. The third-order valence-corrected chi connectivity index (χ3v) is 7.51. The second kappa shape index (κ2) is 6.39. The van der Waals surface area contributed by atoms with Gasteiger partial charge in [-0.1, -0.05) is 0 Å². The molecule has 1 heterocycles. The molecule has 0 atom stereocenters. The molecule has 0 unspecified atom stereocenters. The first-order valence-electron chi connectivity index (χ1n) is 9.96. The lowest BCUT2D eigenvalue weighted by Crippen LogP contribution is -2.67. The Bertz CT molecular complexity index is 490. The molecular weight excluding hydrogens is 318 g/mol. The molecule has 1 saturated heterocycles. The SMILES string of the molecule is CN(CC1(O)CCOCC1)C(=O)NCC1(N)C2CC3CC(C2)CC1C3. The van der Waals surface area contributed by atoms with Crippen molar-refractivity contribution in [2.24, 2.45) is 29.4 Å². The molecule has 0 aromatic heterocycles. The summed E-state index contributed by atoms with van der Waals surface area (Å²) in [6.45, 7) is 2.02. The van der Waals surface area contributed by atoms with Gasteiger partial charge in [-0.3, -0.25) is 0 Å². The van der Waals surface area contributed by atoms with Crippen molar-refractivity contribution in [3.8, 4) is 0 Å². The minimum Gasteiger partial charge on any atom is -0.388 e. The summed E-state index contributed by atoms with van der Waals surface area (Å²) in [6.07, 6.45) is 7.55. The molecule has 4 saturated carbocycles. The standard InChI is InChI=1S/C19H33N3O3/c1-22(12-18(24)2-4-25-5-3-18)17(23)21-11-19(20)15-7-13-6-14(9-15)10-16(19)8-13/h13-16,24H,2-12,20H2,1H3,(H,21,23). The Hall–Kier alpha value is -0.850. The molecule has 0 radical (unpaired) electrons. The van der Waals surface area contributed by atoms with E-state index < -0.39 is 5.60 Å². The van der Waals surface area contributed by atoms with Crippen molar-refractivity contribution in [1.29, 1.82) is 0 Å². The summed E-state index contributed by atoms with van der Waals surface area (Å²) in [7, 11) is 1.75. The Morgan fingerprint density at radius 2 is 1.72 bits per heavy atom. The van der Waals surface area contributed by atoms with E-state index in [9.17, 15) is 9.90 Å². The second-order valence-corrected chi connectivity index (χ2v) is 9.27. The molecule has 142 valence electrons. The van der Waals surface area contributed by atoms with Crippen molar-refractivity contribution in [3.05, 3.63) is 0 Å². The first-order valence-corrected chi connectivity index (χ1v) is 9.96. The molecule has 1 aliphatic heterocycles. The summed E-state index contributed by atoms with van der Waals surface area (Å²) >= 11 is 0. The van der Waals surface area contributed by atoms with Gasteiger partial charge in [0.25, 0.3) is 0 Å². The quantitative estimate of drug-likeness (QED) is 0.713. The maximum Gasteiger partial charge on any atom is 0.317 e. The van der Waals surface area contributed by atoms with Crippen LogP contribution in [0.2, 0.25) is 0 Å². The fraction of sp³-hybridized carbons (Fsp3) is 0.947. The van der Waals surface area contributed by atoms with Gasteiger partial charge in [-0.2, -0.15) is 0 Å². The number of hydrogen-bond acceptors (Lipinski definition) is 4. The van der Waals surface area contributed by atoms with E-state index in [1.165, 1.54) is 32.1 Å². The highest BCUT2D eigenvalue weighted by Crippen LogP contribution is 2.57. The normalized spacial score (nSPS) is 41.6. The van der Waals surface area contributed by atoms with Crippen molar-refractivity contribution in [1.82, 2.24) is 10.2 Å². The van der Waals surface area contributed by atoms with Crippen LogP contribution in [0.5, 0.6) is 0 Å². The minimum atomic E-state index is -0.826. The number of aliphatic hydroxyl groups is 1. The van der Waals surface area contributed by atoms with Crippen LogP contribution in [0.3, 0.4) is 0 Å².